The molecule has 0 radical (unpaired) electrons. The Hall–Kier alpha value is -4.26. The number of nitrogens with zero attached hydrogens (tertiary/aromatic N) is 2. The number of carbonyl (C=O) groups excluding carboxylic acids is 2. The smallest absolute Gasteiger partial charge is 0.461 e. The summed E-state index contributed by atoms with van der Waals surface area (Å²) >= 11 is 0.935. The maximum atomic E-state index is 13.5. The number of carbonyl (C=O) groups is 2. The van der Waals surface area contributed by atoms with Crippen molar-refractivity contribution in [3.8, 4) is 11.4 Å². The highest BCUT2D eigenvalue weighted by Gasteiger charge is 2.31. The van der Waals surface area contributed by atoms with E-state index in [9.17, 15) is 31.9 Å². The Labute approximate surface area is 203 Å². The molecule has 0 unspecified atom stereocenters. The Morgan fingerprint density at radius 1 is 1.14 bits per heavy atom. The van der Waals surface area contributed by atoms with Crippen LogP contribution in [0.2, 0.25) is 0 Å². The van der Waals surface area contributed by atoms with Gasteiger partial charge in [0.25, 0.3) is 11.5 Å². The van der Waals surface area contributed by atoms with Gasteiger partial charge >= 0.3 is 12.3 Å². The van der Waals surface area contributed by atoms with Crippen molar-refractivity contribution in [3.63, 3.8) is 0 Å². The van der Waals surface area contributed by atoms with Crippen molar-refractivity contribution in [2.24, 2.45) is 0 Å². The summed E-state index contributed by atoms with van der Waals surface area (Å²) in [6.07, 6.45) is -4.90. The molecule has 4 aromatic rings. The minimum atomic E-state index is -4.90. The molecule has 4 rings (SSSR count). The van der Waals surface area contributed by atoms with Gasteiger partial charge in [-0.1, -0.05) is 6.07 Å². The molecule has 0 aliphatic heterocycles. The van der Waals surface area contributed by atoms with Gasteiger partial charge in [0.15, 0.2) is 5.69 Å². The van der Waals surface area contributed by atoms with E-state index in [0.717, 1.165) is 52.4 Å². The Balaban J connectivity index is 1.82. The monoisotopic (exact) mass is 521 g/mol. The Morgan fingerprint density at radius 2 is 1.86 bits per heavy atom. The maximum Gasteiger partial charge on any atom is 0.573 e. The van der Waals surface area contributed by atoms with Crippen LogP contribution in [0.5, 0.6) is 5.75 Å². The Kier molecular flexibility index (Phi) is 6.75. The number of hydrogen-bond acceptors (Lipinski definition) is 7. The summed E-state index contributed by atoms with van der Waals surface area (Å²) in [6.45, 7) is 1.58. The number of nitrogens with one attached hydrogen (secondary N) is 1. The van der Waals surface area contributed by atoms with Crippen LogP contribution in [-0.4, -0.2) is 34.6 Å². The van der Waals surface area contributed by atoms with Crippen LogP contribution in [0.15, 0.2) is 58.7 Å². The van der Waals surface area contributed by atoms with Crippen molar-refractivity contribution >= 4 is 39.0 Å². The molecule has 2 heterocycles. The molecular formula is C23H15F4N3O5S. The number of aromatic nitrogens is 2. The van der Waals surface area contributed by atoms with Gasteiger partial charge in [-0.2, -0.15) is 9.78 Å². The van der Waals surface area contributed by atoms with Crippen molar-refractivity contribution in [2.75, 3.05) is 11.9 Å². The first-order valence-electron chi connectivity index (χ1n) is 10.2. The van der Waals surface area contributed by atoms with Crippen LogP contribution in [0.3, 0.4) is 0 Å². The summed E-state index contributed by atoms with van der Waals surface area (Å²) in [5.41, 5.74) is -0.990. The number of amides is 1. The predicted molar refractivity (Wildman–Crippen MR) is 122 cm³/mol. The van der Waals surface area contributed by atoms with E-state index in [4.69, 9.17) is 4.74 Å². The normalized spacial score (nSPS) is 11.4. The first-order chi connectivity index (χ1) is 17.1. The zero-order valence-electron chi connectivity index (χ0n) is 18.3. The molecule has 0 aliphatic rings. The minimum Gasteiger partial charge on any atom is -0.461 e. The molecule has 0 atom stereocenters. The third-order valence-corrected chi connectivity index (χ3v) is 5.65. The summed E-state index contributed by atoms with van der Waals surface area (Å²) in [5, 5.41) is 8.11. The third-order valence-electron chi connectivity index (χ3n) is 4.75. The van der Waals surface area contributed by atoms with Gasteiger partial charge in [0.05, 0.1) is 17.7 Å². The zero-order chi connectivity index (χ0) is 26.0. The number of halogens is 4. The number of alkyl halides is 3. The second-order valence-electron chi connectivity index (χ2n) is 7.15. The molecule has 186 valence electrons. The Morgan fingerprint density at radius 3 is 2.50 bits per heavy atom. The molecule has 8 nitrogen and oxygen atoms in total. The fourth-order valence-corrected chi connectivity index (χ4v) is 4.19. The molecule has 0 fully saturated rings. The van der Waals surface area contributed by atoms with Crippen LogP contribution in [0.1, 0.15) is 27.8 Å². The molecule has 1 N–H and O–H groups in total. The fraction of sp³-hybridized carbons (Fsp3) is 0.130. The highest BCUT2D eigenvalue weighted by molar-refractivity contribution is 7.16. The first kappa shape index (κ1) is 24.9. The lowest BCUT2D eigenvalue weighted by molar-refractivity contribution is -0.274. The number of esters is 1. The number of ether oxygens (including phenoxy) is 2. The number of benzene rings is 2. The molecule has 0 bridgehead atoms. The summed E-state index contributed by atoms with van der Waals surface area (Å²) in [7, 11) is 0. The van der Waals surface area contributed by atoms with Crippen LogP contribution in [0.25, 0.3) is 16.5 Å². The van der Waals surface area contributed by atoms with Gasteiger partial charge in [-0.25, -0.2) is 9.18 Å². The molecule has 1 amide bonds. The predicted octanol–water partition coefficient (Wildman–Crippen LogP) is 4.91. The van der Waals surface area contributed by atoms with Gasteiger partial charge in [-0.05, 0) is 49.4 Å². The first-order valence-corrected chi connectivity index (χ1v) is 11.1. The maximum absolute atomic E-state index is 13.5. The van der Waals surface area contributed by atoms with E-state index in [-0.39, 0.29) is 39.3 Å². The van der Waals surface area contributed by atoms with Gasteiger partial charge in [0.1, 0.15) is 16.6 Å². The molecular weight excluding hydrogens is 506 g/mol. The van der Waals surface area contributed by atoms with Crippen LogP contribution in [-0.2, 0) is 4.74 Å². The average molecular weight is 521 g/mol. The number of thiophene rings is 1. The fourth-order valence-electron chi connectivity index (χ4n) is 3.26. The third kappa shape index (κ3) is 5.20. The van der Waals surface area contributed by atoms with Crippen molar-refractivity contribution < 1.29 is 36.6 Å². The van der Waals surface area contributed by atoms with Gasteiger partial charge in [-0.15, -0.1) is 24.5 Å². The van der Waals surface area contributed by atoms with E-state index in [2.05, 4.69) is 15.2 Å². The molecule has 0 spiro atoms. The van der Waals surface area contributed by atoms with Gasteiger partial charge in [0, 0.05) is 16.3 Å². The number of fused-ring (bicyclic) bond motifs is 1. The highest BCUT2D eigenvalue weighted by atomic mass is 32.1. The average Bonchev–Trinajstić information content (AvgIpc) is 3.23. The van der Waals surface area contributed by atoms with E-state index in [0.29, 0.717) is 0 Å². The standard InChI is InChI=1S/C23H15F4N3O5S/c1-2-34-22(33)18-16-11-36-20(28-19(31)12-4-3-5-13(24)10-12)17(16)21(32)30(29-18)14-6-8-15(9-7-14)35-23(25,26)27/h3-11H,2H2,1H3,(H,28,31). The van der Waals surface area contributed by atoms with Crippen molar-refractivity contribution in [3.05, 3.63) is 81.3 Å². The lowest BCUT2D eigenvalue weighted by Gasteiger charge is -2.12. The number of hydrogen-bond donors (Lipinski definition) is 1. The van der Waals surface area contributed by atoms with Crippen LogP contribution < -0.4 is 15.6 Å². The minimum absolute atomic E-state index is 0.00296. The SMILES string of the molecule is CCOC(=O)c1nn(-c2ccc(OC(F)(F)F)cc2)c(=O)c2c(NC(=O)c3cccc(F)c3)scc12. The highest BCUT2D eigenvalue weighted by Crippen LogP contribution is 2.31. The zero-order valence-corrected chi connectivity index (χ0v) is 19.1. The molecule has 13 heteroatoms. The topological polar surface area (TPSA) is 99.5 Å². The summed E-state index contributed by atoms with van der Waals surface area (Å²) < 4.78 is 60.6. The van der Waals surface area contributed by atoms with E-state index in [1.54, 1.807) is 6.92 Å². The molecule has 2 aromatic carbocycles. The van der Waals surface area contributed by atoms with Crippen molar-refractivity contribution in [1.29, 1.82) is 0 Å². The Bertz CT molecular complexity index is 1510. The van der Waals surface area contributed by atoms with Crippen molar-refractivity contribution in [1.82, 2.24) is 9.78 Å². The van der Waals surface area contributed by atoms with Gasteiger partial charge in [-0.3, -0.25) is 9.59 Å². The lowest BCUT2D eigenvalue weighted by atomic mass is 10.2. The van der Waals surface area contributed by atoms with E-state index >= 15 is 0 Å². The molecule has 0 saturated carbocycles. The molecule has 0 saturated heterocycles. The van der Waals surface area contributed by atoms with E-state index in [1.807, 2.05) is 0 Å². The summed E-state index contributed by atoms with van der Waals surface area (Å²) in [6, 6.07) is 9.15. The number of anilines is 1. The summed E-state index contributed by atoms with van der Waals surface area (Å²) in [5.74, 6) is -2.71. The molecule has 0 aliphatic carbocycles. The van der Waals surface area contributed by atoms with Crippen LogP contribution >= 0.6 is 11.3 Å². The molecule has 36 heavy (non-hydrogen) atoms. The quantitative estimate of drug-likeness (QED) is 0.286. The van der Waals surface area contributed by atoms with E-state index < -0.39 is 35.4 Å². The lowest BCUT2D eigenvalue weighted by Crippen LogP contribution is -2.25. The van der Waals surface area contributed by atoms with Crippen LogP contribution in [0.4, 0.5) is 22.6 Å². The second kappa shape index (κ2) is 9.77. The van der Waals surface area contributed by atoms with E-state index in [1.165, 1.54) is 17.5 Å². The van der Waals surface area contributed by atoms with Gasteiger partial charge in [0.2, 0.25) is 0 Å². The van der Waals surface area contributed by atoms with Gasteiger partial charge < -0.3 is 14.8 Å². The number of rotatable bonds is 6. The van der Waals surface area contributed by atoms with Crippen LogP contribution in [0, 0.1) is 5.82 Å². The second-order valence-corrected chi connectivity index (χ2v) is 8.03. The van der Waals surface area contributed by atoms with Crippen molar-refractivity contribution in [2.45, 2.75) is 13.3 Å². The largest absolute Gasteiger partial charge is 0.573 e. The molecule has 2 aromatic heterocycles. The summed E-state index contributed by atoms with van der Waals surface area (Å²) in [4.78, 5) is 38.6.